The zero-order valence-electron chi connectivity index (χ0n) is 13.7. The lowest BCUT2D eigenvalue weighted by atomic mass is 9.88. The zero-order chi connectivity index (χ0) is 16.6. The van der Waals surface area contributed by atoms with E-state index in [2.05, 4.69) is 17.2 Å². The Morgan fingerprint density at radius 2 is 2.35 bits per heavy atom. The van der Waals surface area contributed by atoms with E-state index in [-0.39, 0.29) is 5.91 Å². The van der Waals surface area contributed by atoms with Gasteiger partial charge in [0, 0.05) is 25.6 Å². The summed E-state index contributed by atoms with van der Waals surface area (Å²) in [5.74, 6) is 1.27. The molecule has 124 valence electrons. The van der Waals surface area contributed by atoms with Crippen molar-refractivity contribution in [3.05, 3.63) is 33.9 Å². The molecular formula is C16H21ClN4O2. The molecule has 2 aromatic heterocycles. The molecule has 3 rings (SSSR count). The first kappa shape index (κ1) is 16.1. The number of rotatable bonds is 4. The Balaban J connectivity index is 1.81. The summed E-state index contributed by atoms with van der Waals surface area (Å²) in [6.07, 6.45) is 4.39. The van der Waals surface area contributed by atoms with Crippen LogP contribution < -0.4 is 0 Å². The third-order valence-electron chi connectivity index (χ3n) is 4.42. The number of hydrogen-bond acceptors (Lipinski definition) is 4. The molecule has 0 N–H and O–H groups in total. The van der Waals surface area contributed by atoms with Crippen molar-refractivity contribution in [2.24, 2.45) is 5.92 Å². The molecule has 2 aromatic rings. The van der Waals surface area contributed by atoms with E-state index in [9.17, 15) is 4.79 Å². The van der Waals surface area contributed by atoms with Gasteiger partial charge < -0.3 is 9.42 Å². The molecule has 1 aliphatic rings. The van der Waals surface area contributed by atoms with Gasteiger partial charge >= 0.3 is 0 Å². The van der Waals surface area contributed by atoms with E-state index in [1.165, 1.54) is 0 Å². The van der Waals surface area contributed by atoms with Crippen LogP contribution in [0.3, 0.4) is 0 Å². The van der Waals surface area contributed by atoms with Gasteiger partial charge in [0.2, 0.25) is 0 Å². The standard InChI is InChI=1S/C16H21ClN4O2/c1-4-21-13(12(17)8-18-21)9-20(3)16(22)15-11-7-10(2)5-6-14(11)23-19-15/h8,10H,4-7,9H2,1-3H3/t10-/m0/s1. The van der Waals surface area contributed by atoms with Gasteiger partial charge in [0.15, 0.2) is 5.69 Å². The Bertz CT molecular complexity index is 722. The van der Waals surface area contributed by atoms with Crippen LogP contribution in [0.5, 0.6) is 0 Å². The van der Waals surface area contributed by atoms with Crippen LogP contribution >= 0.6 is 11.6 Å². The van der Waals surface area contributed by atoms with Crippen LogP contribution in [0.15, 0.2) is 10.7 Å². The molecule has 2 heterocycles. The number of amides is 1. The Kier molecular flexibility index (Phi) is 4.43. The Morgan fingerprint density at radius 1 is 1.57 bits per heavy atom. The Hall–Kier alpha value is -1.82. The molecule has 23 heavy (non-hydrogen) atoms. The van der Waals surface area contributed by atoms with Gasteiger partial charge in [-0.05, 0) is 25.7 Å². The smallest absolute Gasteiger partial charge is 0.276 e. The van der Waals surface area contributed by atoms with Crippen LogP contribution in [0.25, 0.3) is 0 Å². The summed E-state index contributed by atoms with van der Waals surface area (Å²) >= 11 is 6.18. The lowest BCUT2D eigenvalue weighted by Crippen LogP contribution is -2.29. The number of aromatic nitrogens is 3. The minimum atomic E-state index is -0.135. The lowest BCUT2D eigenvalue weighted by molar-refractivity contribution is 0.0770. The van der Waals surface area contributed by atoms with E-state index in [1.807, 2.05) is 6.92 Å². The van der Waals surface area contributed by atoms with Gasteiger partial charge in [0.25, 0.3) is 5.91 Å². The molecule has 0 bridgehead atoms. The van der Waals surface area contributed by atoms with Crippen LogP contribution in [0.1, 0.15) is 47.8 Å². The third-order valence-corrected chi connectivity index (χ3v) is 4.74. The highest BCUT2D eigenvalue weighted by atomic mass is 35.5. The summed E-state index contributed by atoms with van der Waals surface area (Å²) in [7, 11) is 1.75. The molecule has 0 aromatic carbocycles. The molecular weight excluding hydrogens is 316 g/mol. The maximum absolute atomic E-state index is 12.8. The fourth-order valence-electron chi connectivity index (χ4n) is 3.04. The van der Waals surface area contributed by atoms with Crippen molar-refractivity contribution in [3.63, 3.8) is 0 Å². The van der Waals surface area contributed by atoms with Crippen molar-refractivity contribution in [3.8, 4) is 0 Å². The molecule has 7 heteroatoms. The van der Waals surface area contributed by atoms with Crippen molar-refractivity contribution >= 4 is 17.5 Å². The van der Waals surface area contributed by atoms with Crippen LogP contribution in [0, 0.1) is 5.92 Å². The highest BCUT2D eigenvalue weighted by Crippen LogP contribution is 2.28. The highest BCUT2D eigenvalue weighted by Gasteiger charge is 2.29. The monoisotopic (exact) mass is 336 g/mol. The normalized spacial score (nSPS) is 17.1. The number of nitrogens with zero attached hydrogens (tertiary/aromatic N) is 4. The average Bonchev–Trinajstić information content (AvgIpc) is 3.10. The van der Waals surface area contributed by atoms with Gasteiger partial charge in [-0.25, -0.2) is 0 Å². The zero-order valence-corrected chi connectivity index (χ0v) is 14.4. The summed E-state index contributed by atoms with van der Waals surface area (Å²) in [5.41, 5.74) is 2.24. The van der Waals surface area contributed by atoms with Gasteiger partial charge in [0.1, 0.15) is 5.76 Å². The van der Waals surface area contributed by atoms with Crippen molar-refractivity contribution in [2.75, 3.05) is 7.05 Å². The minimum absolute atomic E-state index is 0.135. The molecule has 0 radical (unpaired) electrons. The fourth-order valence-corrected chi connectivity index (χ4v) is 3.24. The highest BCUT2D eigenvalue weighted by molar-refractivity contribution is 6.31. The summed E-state index contributed by atoms with van der Waals surface area (Å²) in [6, 6.07) is 0. The SMILES string of the molecule is CCn1ncc(Cl)c1CN(C)C(=O)c1noc2c1C[C@@H](C)CC2. The number of hydrogen-bond donors (Lipinski definition) is 0. The molecule has 0 saturated carbocycles. The number of halogens is 1. The molecule has 1 atom stereocenters. The lowest BCUT2D eigenvalue weighted by Gasteiger charge is -2.19. The number of carbonyl (C=O) groups excluding carboxylic acids is 1. The van der Waals surface area contributed by atoms with E-state index >= 15 is 0 Å². The molecule has 0 aliphatic heterocycles. The molecule has 0 fully saturated rings. The summed E-state index contributed by atoms with van der Waals surface area (Å²) in [6.45, 7) is 5.28. The van der Waals surface area contributed by atoms with Crippen molar-refractivity contribution in [1.82, 2.24) is 19.8 Å². The van der Waals surface area contributed by atoms with Crippen LogP contribution in [-0.4, -0.2) is 32.8 Å². The molecule has 1 aliphatic carbocycles. The largest absolute Gasteiger partial charge is 0.360 e. The van der Waals surface area contributed by atoms with Gasteiger partial charge in [-0.2, -0.15) is 5.10 Å². The van der Waals surface area contributed by atoms with Crippen LogP contribution in [-0.2, 0) is 25.9 Å². The first-order chi connectivity index (χ1) is 11.0. The van der Waals surface area contributed by atoms with Crippen molar-refractivity contribution in [2.45, 2.75) is 46.2 Å². The Morgan fingerprint density at radius 3 is 3.09 bits per heavy atom. The molecule has 0 spiro atoms. The molecule has 6 nitrogen and oxygen atoms in total. The molecule has 0 saturated heterocycles. The minimum Gasteiger partial charge on any atom is -0.360 e. The molecule has 1 amide bonds. The number of carbonyl (C=O) groups is 1. The van der Waals surface area contributed by atoms with Gasteiger partial charge in [-0.1, -0.05) is 23.7 Å². The second-order valence-electron chi connectivity index (χ2n) is 6.20. The van der Waals surface area contributed by atoms with Gasteiger partial charge in [-0.3, -0.25) is 9.48 Å². The Labute approximate surface area is 140 Å². The van der Waals surface area contributed by atoms with Crippen molar-refractivity contribution < 1.29 is 9.32 Å². The first-order valence-corrected chi connectivity index (χ1v) is 8.32. The predicted octanol–water partition coefficient (Wildman–Crippen LogP) is 2.94. The van der Waals surface area contributed by atoms with E-state index in [4.69, 9.17) is 16.1 Å². The van der Waals surface area contributed by atoms with Crippen LogP contribution in [0.4, 0.5) is 0 Å². The summed E-state index contributed by atoms with van der Waals surface area (Å²) in [4.78, 5) is 14.4. The first-order valence-electron chi connectivity index (χ1n) is 7.94. The fraction of sp³-hybridized carbons (Fsp3) is 0.562. The summed E-state index contributed by atoms with van der Waals surface area (Å²) in [5, 5.41) is 8.80. The van der Waals surface area contributed by atoms with E-state index in [0.717, 1.165) is 36.3 Å². The second kappa shape index (κ2) is 6.35. The second-order valence-corrected chi connectivity index (χ2v) is 6.60. The van der Waals surface area contributed by atoms with E-state index in [1.54, 1.807) is 22.8 Å². The number of fused-ring (bicyclic) bond motifs is 1. The van der Waals surface area contributed by atoms with E-state index in [0.29, 0.717) is 29.7 Å². The van der Waals surface area contributed by atoms with Crippen LogP contribution in [0.2, 0.25) is 5.02 Å². The van der Waals surface area contributed by atoms with Gasteiger partial charge in [0.05, 0.1) is 23.5 Å². The molecule has 0 unspecified atom stereocenters. The average molecular weight is 337 g/mol. The quantitative estimate of drug-likeness (QED) is 0.861. The topological polar surface area (TPSA) is 64.2 Å². The maximum Gasteiger partial charge on any atom is 0.276 e. The van der Waals surface area contributed by atoms with E-state index < -0.39 is 0 Å². The van der Waals surface area contributed by atoms with Crippen molar-refractivity contribution in [1.29, 1.82) is 0 Å². The maximum atomic E-state index is 12.8. The van der Waals surface area contributed by atoms with Gasteiger partial charge in [-0.15, -0.1) is 0 Å². The predicted molar refractivity (Wildman–Crippen MR) is 86.4 cm³/mol. The third kappa shape index (κ3) is 3.00. The number of aryl methyl sites for hydroxylation is 2. The summed E-state index contributed by atoms with van der Waals surface area (Å²) < 4.78 is 7.17.